The van der Waals surface area contributed by atoms with E-state index >= 15 is 0 Å². The number of aromatic hydroxyl groups is 1. The average molecular weight is 303 g/mol. The van der Waals surface area contributed by atoms with Crippen LogP contribution in [-0.4, -0.2) is 40.3 Å². The van der Waals surface area contributed by atoms with Gasteiger partial charge in [-0.05, 0) is 67.7 Å². The molecule has 4 atom stereocenters. The lowest BCUT2D eigenvalue weighted by Crippen LogP contribution is -2.52. The van der Waals surface area contributed by atoms with Gasteiger partial charge in [-0.15, -0.1) is 0 Å². The number of benzene rings is 1. The topological polar surface area (TPSA) is 43.7 Å². The molecule has 3 heteroatoms. The highest BCUT2D eigenvalue weighted by molar-refractivity contribution is 5.33. The van der Waals surface area contributed by atoms with Gasteiger partial charge in [-0.1, -0.05) is 26.0 Å². The highest BCUT2D eigenvalue weighted by atomic mass is 16.3. The van der Waals surface area contributed by atoms with Gasteiger partial charge in [-0.3, -0.25) is 4.90 Å². The molecule has 2 N–H and O–H groups in total. The molecule has 3 nitrogen and oxygen atoms in total. The van der Waals surface area contributed by atoms with Crippen LogP contribution in [0.2, 0.25) is 0 Å². The number of rotatable bonds is 2. The zero-order valence-electron chi connectivity index (χ0n) is 13.8. The Morgan fingerprint density at radius 3 is 2.77 bits per heavy atom. The minimum absolute atomic E-state index is 0.103. The molecule has 0 radical (unpaired) electrons. The molecule has 2 unspecified atom stereocenters. The number of nitrogens with zero attached hydrogens (tertiary/aromatic N) is 1. The van der Waals surface area contributed by atoms with Gasteiger partial charge in [0.15, 0.2) is 0 Å². The van der Waals surface area contributed by atoms with Crippen molar-refractivity contribution in [3.63, 3.8) is 0 Å². The molecule has 1 saturated carbocycles. The zero-order valence-corrected chi connectivity index (χ0v) is 13.8. The summed E-state index contributed by atoms with van der Waals surface area (Å²) in [5.41, 5.74) is 1.38. The molecule has 1 aliphatic carbocycles. The minimum atomic E-state index is -0.103. The van der Waals surface area contributed by atoms with Crippen LogP contribution in [0.5, 0.6) is 5.75 Å². The Morgan fingerprint density at radius 1 is 1.27 bits per heavy atom. The van der Waals surface area contributed by atoms with E-state index in [9.17, 15) is 10.2 Å². The van der Waals surface area contributed by atoms with E-state index in [2.05, 4.69) is 24.8 Å². The summed E-state index contributed by atoms with van der Waals surface area (Å²) < 4.78 is 0. The third-order valence-electron chi connectivity index (χ3n) is 6.16. The van der Waals surface area contributed by atoms with Crippen LogP contribution in [0.1, 0.15) is 51.5 Å². The van der Waals surface area contributed by atoms with E-state index in [1.807, 2.05) is 12.1 Å². The van der Waals surface area contributed by atoms with Gasteiger partial charge in [0.2, 0.25) is 0 Å². The van der Waals surface area contributed by atoms with Crippen LogP contribution in [0.3, 0.4) is 0 Å². The quantitative estimate of drug-likeness (QED) is 0.881. The SMILES string of the molecule is C[C@H]1CN(C2CCCC(O)C2)CC[C@@]1(C)c1cccc(O)c1. The number of aliphatic hydroxyl groups excluding tert-OH is 1. The molecule has 1 saturated heterocycles. The lowest BCUT2D eigenvalue weighted by atomic mass is 9.67. The van der Waals surface area contributed by atoms with Crippen LogP contribution >= 0.6 is 0 Å². The van der Waals surface area contributed by atoms with Crippen molar-refractivity contribution in [3.05, 3.63) is 29.8 Å². The molecule has 122 valence electrons. The number of piperidine rings is 1. The number of hydrogen-bond donors (Lipinski definition) is 2. The Bertz CT molecular complexity index is 518. The molecular formula is C19H29NO2. The number of aliphatic hydroxyl groups is 1. The second-order valence-corrected chi connectivity index (χ2v) is 7.59. The molecule has 0 spiro atoms. The first-order valence-corrected chi connectivity index (χ1v) is 8.70. The van der Waals surface area contributed by atoms with Crippen molar-refractivity contribution in [2.45, 2.75) is 63.5 Å². The average Bonchev–Trinajstić information content (AvgIpc) is 2.50. The third kappa shape index (κ3) is 3.02. The number of likely N-dealkylation sites (tertiary alicyclic amines) is 1. The summed E-state index contributed by atoms with van der Waals surface area (Å²) in [5, 5.41) is 19.7. The van der Waals surface area contributed by atoms with Gasteiger partial charge >= 0.3 is 0 Å². The smallest absolute Gasteiger partial charge is 0.115 e. The number of phenolic OH excluding ortho intramolecular Hbond substituents is 1. The Labute approximate surface area is 134 Å². The van der Waals surface area contributed by atoms with Gasteiger partial charge in [0.05, 0.1) is 6.10 Å². The molecule has 22 heavy (non-hydrogen) atoms. The second-order valence-electron chi connectivity index (χ2n) is 7.59. The van der Waals surface area contributed by atoms with Crippen molar-refractivity contribution >= 4 is 0 Å². The van der Waals surface area contributed by atoms with Crippen molar-refractivity contribution in [1.29, 1.82) is 0 Å². The number of phenols is 1. The fourth-order valence-electron chi connectivity index (χ4n) is 4.36. The van der Waals surface area contributed by atoms with Crippen LogP contribution < -0.4 is 0 Å². The van der Waals surface area contributed by atoms with Crippen LogP contribution in [0.25, 0.3) is 0 Å². The first-order chi connectivity index (χ1) is 10.5. The van der Waals surface area contributed by atoms with E-state index in [1.54, 1.807) is 6.07 Å². The highest BCUT2D eigenvalue weighted by Gasteiger charge is 2.40. The van der Waals surface area contributed by atoms with E-state index in [-0.39, 0.29) is 11.5 Å². The molecular weight excluding hydrogens is 274 g/mol. The third-order valence-corrected chi connectivity index (χ3v) is 6.16. The Morgan fingerprint density at radius 2 is 2.09 bits per heavy atom. The standard InChI is InChI=1S/C19H29NO2/c1-14-13-20(16-6-4-8-18(22)12-16)10-9-19(14,2)15-5-3-7-17(21)11-15/h3,5,7,11,14,16,18,21-22H,4,6,8-10,12-13H2,1-2H3/t14-,16?,18?,19+/m0/s1. The van der Waals surface area contributed by atoms with Crippen LogP contribution in [0.15, 0.2) is 24.3 Å². The molecule has 1 aromatic carbocycles. The van der Waals surface area contributed by atoms with Crippen LogP contribution in [-0.2, 0) is 5.41 Å². The predicted molar refractivity (Wildman–Crippen MR) is 89.1 cm³/mol. The fourth-order valence-corrected chi connectivity index (χ4v) is 4.36. The molecule has 1 aromatic rings. The summed E-state index contributed by atoms with van der Waals surface area (Å²) in [6.07, 6.45) is 5.31. The maximum atomic E-state index is 9.93. The van der Waals surface area contributed by atoms with Gasteiger partial charge < -0.3 is 10.2 Å². The van der Waals surface area contributed by atoms with Gasteiger partial charge in [-0.2, -0.15) is 0 Å². The summed E-state index contributed by atoms with van der Waals surface area (Å²) in [6, 6.07) is 8.33. The molecule has 0 aromatic heterocycles. The van der Waals surface area contributed by atoms with E-state index in [0.29, 0.717) is 17.7 Å². The van der Waals surface area contributed by atoms with Crippen molar-refractivity contribution in [2.75, 3.05) is 13.1 Å². The summed E-state index contributed by atoms with van der Waals surface area (Å²) in [6.45, 7) is 6.84. The zero-order chi connectivity index (χ0) is 15.7. The lowest BCUT2D eigenvalue weighted by molar-refractivity contribution is 0.0217. The molecule has 3 rings (SSSR count). The summed E-state index contributed by atoms with van der Waals surface area (Å²) in [7, 11) is 0. The Hall–Kier alpha value is -1.06. The molecule has 2 fully saturated rings. The molecule has 1 heterocycles. The van der Waals surface area contributed by atoms with E-state index in [4.69, 9.17) is 0 Å². The molecule has 0 amide bonds. The largest absolute Gasteiger partial charge is 0.508 e. The lowest BCUT2D eigenvalue weighted by Gasteiger charge is -2.48. The number of hydrogen-bond acceptors (Lipinski definition) is 3. The van der Waals surface area contributed by atoms with Crippen LogP contribution in [0, 0.1) is 5.92 Å². The first kappa shape index (κ1) is 15.8. The van der Waals surface area contributed by atoms with Gasteiger partial charge in [0, 0.05) is 12.6 Å². The van der Waals surface area contributed by atoms with Gasteiger partial charge in [0.25, 0.3) is 0 Å². The van der Waals surface area contributed by atoms with Gasteiger partial charge in [0.1, 0.15) is 5.75 Å². The monoisotopic (exact) mass is 303 g/mol. The van der Waals surface area contributed by atoms with Crippen molar-refractivity contribution < 1.29 is 10.2 Å². The summed E-state index contributed by atoms with van der Waals surface area (Å²) in [5.74, 6) is 0.908. The van der Waals surface area contributed by atoms with E-state index in [0.717, 1.165) is 38.8 Å². The Kier molecular flexibility index (Phi) is 4.47. The maximum absolute atomic E-state index is 9.93. The maximum Gasteiger partial charge on any atom is 0.115 e. The molecule has 1 aliphatic heterocycles. The van der Waals surface area contributed by atoms with Gasteiger partial charge in [-0.25, -0.2) is 0 Å². The normalized spacial score (nSPS) is 37.1. The van der Waals surface area contributed by atoms with Crippen molar-refractivity contribution in [1.82, 2.24) is 4.90 Å². The predicted octanol–water partition coefficient (Wildman–Crippen LogP) is 3.30. The van der Waals surface area contributed by atoms with Crippen molar-refractivity contribution in [3.8, 4) is 5.75 Å². The highest BCUT2D eigenvalue weighted by Crippen LogP contribution is 2.41. The Balaban J connectivity index is 1.71. The minimum Gasteiger partial charge on any atom is -0.508 e. The van der Waals surface area contributed by atoms with E-state index in [1.165, 1.54) is 12.0 Å². The van der Waals surface area contributed by atoms with Crippen molar-refractivity contribution in [2.24, 2.45) is 5.92 Å². The first-order valence-electron chi connectivity index (χ1n) is 8.70. The summed E-state index contributed by atoms with van der Waals surface area (Å²) in [4.78, 5) is 2.59. The second kappa shape index (κ2) is 6.21. The van der Waals surface area contributed by atoms with E-state index < -0.39 is 0 Å². The summed E-state index contributed by atoms with van der Waals surface area (Å²) >= 11 is 0. The molecule has 2 aliphatic rings. The fraction of sp³-hybridized carbons (Fsp3) is 0.684. The molecule has 0 bridgehead atoms. The van der Waals surface area contributed by atoms with Crippen LogP contribution in [0.4, 0.5) is 0 Å².